The molecule has 0 spiro atoms. The van der Waals surface area contributed by atoms with Crippen molar-refractivity contribution >= 4 is 11.6 Å². The summed E-state index contributed by atoms with van der Waals surface area (Å²) in [5.74, 6) is 2.41. The molecule has 0 radical (unpaired) electrons. The van der Waals surface area contributed by atoms with Gasteiger partial charge in [0.1, 0.15) is 17.2 Å². The average Bonchev–Trinajstić information content (AvgIpc) is 2.44. The first-order valence-corrected chi connectivity index (χ1v) is 6.94. The van der Waals surface area contributed by atoms with E-state index in [0.29, 0.717) is 18.2 Å². The van der Waals surface area contributed by atoms with Crippen molar-refractivity contribution in [1.82, 2.24) is 5.32 Å². The van der Waals surface area contributed by atoms with Crippen LogP contribution >= 0.6 is 11.6 Å². The number of ether oxygens (including phenoxy) is 2. The molecule has 106 valence electrons. The third kappa shape index (κ3) is 3.89. The molecule has 0 aliphatic carbocycles. The summed E-state index contributed by atoms with van der Waals surface area (Å²) in [4.78, 5) is 0. The van der Waals surface area contributed by atoms with Gasteiger partial charge >= 0.3 is 0 Å². The first kappa shape index (κ1) is 14.7. The van der Waals surface area contributed by atoms with Crippen molar-refractivity contribution in [2.45, 2.75) is 13.5 Å². The van der Waals surface area contributed by atoms with Crippen LogP contribution in [0.3, 0.4) is 0 Å². The summed E-state index contributed by atoms with van der Waals surface area (Å²) in [6.07, 6.45) is 0. The molecule has 0 saturated carbocycles. The largest absolute Gasteiger partial charge is 0.494 e. The lowest BCUT2D eigenvalue weighted by molar-refractivity contribution is 0.339. The predicted octanol–water partition coefficient (Wildman–Crippen LogP) is 4.25. The molecule has 0 unspecified atom stereocenters. The molecule has 1 N–H and O–H groups in total. The summed E-state index contributed by atoms with van der Waals surface area (Å²) in [6.45, 7) is 3.32. The molecule has 0 aliphatic heterocycles. The lowest BCUT2D eigenvalue weighted by Gasteiger charge is -2.12. The second-order valence-corrected chi connectivity index (χ2v) is 4.73. The van der Waals surface area contributed by atoms with Gasteiger partial charge in [-0.2, -0.15) is 0 Å². The Labute approximate surface area is 124 Å². The number of rotatable bonds is 6. The van der Waals surface area contributed by atoms with Crippen molar-refractivity contribution in [1.29, 1.82) is 0 Å². The van der Waals surface area contributed by atoms with Crippen LogP contribution in [0.1, 0.15) is 12.5 Å². The van der Waals surface area contributed by atoms with Crippen molar-refractivity contribution in [3.05, 3.63) is 53.1 Å². The Hall–Kier alpha value is -1.71. The molecule has 0 fully saturated rings. The van der Waals surface area contributed by atoms with Crippen LogP contribution in [-0.4, -0.2) is 13.7 Å². The quantitative estimate of drug-likeness (QED) is 0.863. The van der Waals surface area contributed by atoms with Crippen molar-refractivity contribution in [2.24, 2.45) is 0 Å². The van der Waals surface area contributed by atoms with E-state index in [0.717, 1.165) is 22.8 Å². The Kier molecular flexibility index (Phi) is 5.27. The highest BCUT2D eigenvalue weighted by Gasteiger charge is 2.06. The minimum atomic E-state index is 0.656. The number of nitrogens with one attached hydrogen (secondary N) is 1. The zero-order valence-electron chi connectivity index (χ0n) is 11.7. The molecule has 20 heavy (non-hydrogen) atoms. The van der Waals surface area contributed by atoms with Crippen molar-refractivity contribution in [2.75, 3.05) is 13.7 Å². The van der Waals surface area contributed by atoms with Crippen molar-refractivity contribution in [3.8, 4) is 17.2 Å². The van der Waals surface area contributed by atoms with Gasteiger partial charge < -0.3 is 14.8 Å². The van der Waals surface area contributed by atoms with E-state index >= 15 is 0 Å². The van der Waals surface area contributed by atoms with Crippen LogP contribution in [0, 0.1) is 0 Å². The lowest BCUT2D eigenvalue weighted by atomic mass is 10.2. The first-order valence-electron chi connectivity index (χ1n) is 6.56. The Morgan fingerprint density at radius 1 is 1.05 bits per heavy atom. The summed E-state index contributed by atoms with van der Waals surface area (Å²) >= 11 is 6.01. The number of benzene rings is 2. The highest BCUT2D eigenvalue weighted by Crippen LogP contribution is 2.29. The fraction of sp³-hybridized carbons (Fsp3) is 0.250. The molecule has 2 aromatic rings. The Morgan fingerprint density at radius 3 is 2.40 bits per heavy atom. The van der Waals surface area contributed by atoms with E-state index < -0.39 is 0 Å². The zero-order chi connectivity index (χ0) is 14.4. The highest BCUT2D eigenvalue weighted by molar-refractivity contribution is 6.30. The Bertz CT molecular complexity index is 555. The van der Waals surface area contributed by atoms with Gasteiger partial charge in [-0.15, -0.1) is 0 Å². The molecule has 2 aromatic carbocycles. The molecule has 0 saturated heterocycles. The second kappa shape index (κ2) is 7.17. The predicted molar refractivity (Wildman–Crippen MR) is 81.9 cm³/mol. The van der Waals surface area contributed by atoms with E-state index in [-0.39, 0.29) is 0 Å². The molecule has 0 amide bonds. The van der Waals surface area contributed by atoms with Crippen molar-refractivity contribution < 1.29 is 9.47 Å². The van der Waals surface area contributed by atoms with Gasteiger partial charge in [0.2, 0.25) is 0 Å². The van der Waals surface area contributed by atoms with Crippen LogP contribution in [0.2, 0.25) is 5.02 Å². The van der Waals surface area contributed by atoms with Crippen molar-refractivity contribution in [3.63, 3.8) is 0 Å². The zero-order valence-corrected chi connectivity index (χ0v) is 12.4. The maximum atomic E-state index is 6.01. The summed E-state index contributed by atoms with van der Waals surface area (Å²) in [6, 6.07) is 13.2. The minimum Gasteiger partial charge on any atom is -0.494 e. The molecular formula is C16H18ClNO2. The SMILES string of the molecule is CCOc1ccc(Oc2ccc(Cl)cc2CNC)cc1. The fourth-order valence-corrected chi connectivity index (χ4v) is 2.07. The van der Waals surface area contributed by atoms with Gasteiger partial charge in [0.25, 0.3) is 0 Å². The van der Waals surface area contributed by atoms with Crippen LogP contribution in [0.15, 0.2) is 42.5 Å². The molecular weight excluding hydrogens is 274 g/mol. The molecule has 0 aliphatic rings. The Balaban J connectivity index is 2.16. The first-order chi connectivity index (χ1) is 9.72. The lowest BCUT2D eigenvalue weighted by Crippen LogP contribution is -2.06. The van der Waals surface area contributed by atoms with Gasteiger partial charge in [0, 0.05) is 17.1 Å². The van der Waals surface area contributed by atoms with Gasteiger partial charge in [-0.1, -0.05) is 11.6 Å². The maximum Gasteiger partial charge on any atom is 0.132 e. The van der Waals surface area contributed by atoms with E-state index in [9.17, 15) is 0 Å². The highest BCUT2D eigenvalue weighted by atomic mass is 35.5. The fourth-order valence-electron chi connectivity index (χ4n) is 1.87. The molecule has 0 bridgehead atoms. The second-order valence-electron chi connectivity index (χ2n) is 4.29. The monoisotopic (exact) mass is 291 g/mol. The molecule has 0 aromatic heterocycles. The summed E-state index contributed by atoms with van der Waals surface area (Å²) < 4.78 is 11.3. The summed E-state index contributed by atoms with van der Waals surface area (Å²) in [5.41, 5.74) is 1.02. The standard InChI is InChI=1S/C16H18ClNO2/c1-3-19-14-5-7-15(8-6-14)20-16-9-4-13(17)10-12(16)11-18-2/h4-10,18H,3,11H2,1-2H3. The minimum absolute atomic E-state index is 0.656. The summed E-state index contributed by atoms with van der Waals surface area (Å²) in [7, 11) is 1.89. The topological polar surface area (TPSA) is 30.5 Å². The van der Waals surface area contributed by atoms with E-state index in [2.05, 4.69) is 5.32 Å². The average molecular weight is 292 g/mol. The third-order valence-electron chi connectivity index (χ3n) is 2.75. The summed E-state index contributed by atoms with van der Waals surface area (Å²) in [5, 5.41) is 3.81. The van der Waals surface area contributed by atoms with Crippen LogP contribution in [0.4, 0.5) is 0 Å². The van der Waals surface area contributed by atoms with E-state index in [4.69, 9.17) is 21.1 Å². The number of halogens is 1. The van der Waals surface area contributed by atoms with E-state index in [1.165, 1.54) is 0 Å². The van der Waals surface area contributed by atoms with Crippen LogP contribution in [0.25, 0.3) is 0 Å². The van der Waals surface area contributed by atoms with E-state index in [1.807, 2.05) is 56.4 Å². The Morgan fingerprint density at radius 2 is 1.75 bits per heavy atom. The van der Waals surface area contributed by atoms with Gasteiger partial charge in [0.05, 0.1) is 6.61 Å². The number of hydrogen-bond acceptors (Lipinski definition) is 3. The molecule has 4 heteroatoms. The smallest absolute Gasteiger partial charge is 0.132 e. The normalized spacial score (nSPS) is 10.3. The molecule has 2 rings (SSSR count). The van der Waals surface area contributed by atoms with Crippen LogP contribution < -0.4 is 14.8 Å². The van der Waals surface area contributed by atoms with Crippen LogP contribution in [-0.2, 0) is 6.54 Å². The van der Waals surface area contributed by atoms with Gasteiger partial charge in [-0.3, -0.25) is 0 Å². The van der Waals surface area contributed by atoms with Gasteiger partial charge in [-0.25, -0.2) is 0 Å². The molecule has 0 atom stereocenters. The van der Waals surface area contributed by atoms with E-state index in [1.54, 1.807) is 0 Å². The third-order valence-corrected chi connectivity index (χ3v) is 2.99. The van der Waals surface area contributed by atoms with Crippen LogP contribution in [0.5, 0.6) is 17.2 Å². The molecule has 0 heterocycles. The maximum absolute atomic E-state index is 6.01. The van der Waals surface area contributed by atoms with Gasteiger partial charge in [-0.05, 0) is 56.4 Å². The number of hydrogen-bond donors (Lipinski definition) is 1. The van der Waals surface area contributed by atoms with Gasteiger partial charge in [0.15, 0.2) is 0 Å². The molecule has 3 nitrogen and oxygen atoms in total.